The quantitative estimate of drug-likeness (QED) is 0.406. The predicted octanol–water partition coefficient (Wildman–Crippen LogP) is 2.43. The van der Waals surface area contributed by atoms with Gasteiger partial charge in [-0.1, -0.05) is 30.3 Å². The summed E-state index contributed by atoms with van der Waals surface area (Å²) in [6.07, 6.45) is 1.94. The molecular formula is C21H26N4O3. The van der Waals surface area contributed by atoms with E-state index in [1.165, 1.54) is 0 Å². The highest BCUT2D eigenvalue weighted by atomic mass is 16.5. The predicted molar refractivity (Wildman–Crippen MR) is 108 cm³/mol. The fraction of sp³-hybridized carbons (Fsp3) is 0.333. The first-order valence-corrected chi connectivity index (χ1v) is 9.45. The zero-order valence-electron chi connectivity index (χ0n) is 15.8. The monoisotopic (exact) mass is 382 g/mol. The fourth-order valence-electron chi connectivity index (χ4n) is 3.19. The number of urea groups is 1. The van der Waals surface area contributed by atoms with E-state index in [1.807, 2.05) is 42.5 Å². The van der Waals surface area contributed by atoms with Gasteiger partial charge < -0.3 is 10.1 Å². The minimum Gasteiger partial charge on any atom is -0.381 e. The van der Waals surface area contributed by atoms with Crippen LogP contribution in [-0.4, -0.2) is 31.7 Å². The summed E-state index contributed by atoms with van der Waals surface area (Å²) in [5.74, 6) is 5.27. The van der Waals surface area contributed by atoms with Gasteiger partial charge in [-0.25, -0.2) is 10.6 Å². The first kappa shape index (κ1) is 19.9. The van der Waals surface area contributed by atoms with Gasteiger partial charge in [0.25, 0.3) is 5.91 Å². The first-order chi connectivity index (χ1) is 13.7. The minimum atomic E-state index is -0.347. The molecule has 0 unspecified atom stereocenters. The summed E-state index contributed by atoms with van der Waals surface area (Å²) in [4.78, 5) is 26.2. The Kier molecular flexibility index (Phi) is 7.00. The largest absolute Gasteiger partial charge is 0.381 e. The Morgan fingerprint density at radius 3 is 2.36 bits per heavy atom. The summed E-state index contributed by atoms with van der Waals surface area (Å²) in [5.41, 5.74) is 4.32. The smallest absolute Gasteiger partial charge is 0.322 e. The van der Waals surface area contributed by atoms with Crippen LogP contribution in [-0.2, 0) is 11.3 Å². The van der Waals surface area contributed by atoms with Crippen LogP contribution in [0.4, 0.5) is 10.5 Å². The van der Waals surface area contributed by atoms with Crippen molar-refractivity contribution in [3.05, 3.63) is 65.7 Å². The topological polar surface area (TPSA) is 96.7 Å². The van der Waals surface area contributed by atoms with Gasteiger partial charge in [0.2, 0.25) is 0 Å². The van der Waals surface area contributed by atoms with Crippen molar-refractivity contribution in [2.45, 2.75) is 19.4 Å². The van der Waals surface area contributed by atoms with E-state index in [2.05, 4.69) is 10.7 Å². The summed E-state index contributed by atoms with van der Waals surface area (Å²) in [6, 6.07) is 16.4. The lowest BCUT2D eigenvalue weighted by Crippen LogP contribution is -2.42. The maximum absolute atomic E-state index is 12.9. The second-order valence-corrected chi connectivity index (χ2v) is 6.83. The van der Waals surface area contributed by atoms with Crippen molar-refractivity contribution >= 4 is 17.6 Å². The van der Waals surface area contributed by atoms with Crippen LogP contribution in [0.3, 0.4) is 0 Å². The van der Waals surface area contributed by atoms with Gasteiger partial charge in [0.15, 0.2) is 0 Å². The highest BCUT2D eigenvalue weighted by molar-refractivity contribution is 5.94. The highest BCUT2D eigenvalue weighted by Gasteiger charge is 2.19. The number of para-hydroxylation sites is 1. The van der Waals surface area contributed by atoms with E-state index < -0.39 is 0 Å². The molecule has 0 bridgehead atoms. The van der Waals surface area contributed by atoms with Gasteiger partial charge in [0, 0.05) is 31.0 Å². The number of hydrazine groups is 1. The molecule has 0 aromatic heterocycles. The number of nitrogens with zero attached hydrogens (tertiary/aromatic N) is 1. The number of hydrogen-bond donors (Lipinski definition) is 3. The van der Waals surface area contributed by atoms with E-state index >= 15 is 0 Å². The van der Waals surface area contributed by atoms with Gasteiger partial charge in [-0.15, -0.1) is 0 Å². The average Bonchev–Trinajstić information content (AvgIpc) is 2.77. The van der Waals surface area contributed by atoms with Crippen LogP contribution < -0.4 is 21.5 Å². The number of nitrogens with two attached hydrogens (primary N) is 1. The average molecular weight is 382 g/mol. The zero-order chi connectivity index (χ0) is 19.8. The molecule has 3 rings (SSSR count). The number of benzene rings is 2. The number of carbonyl (C=O) groups is 2. The van der Waals surface area contributed by atoms with E-state index in [1.54, 1.807) is 17.0 Å². The van der Waals surface area contributed by atoms with Gasteiger partial charge >= 0.3 is 6.03 Å². The molecular weight excluding hydrogens is 356 g/mol. The lowest BCUT2D eigenvalue weighted by Gasteiger charge is -2.26. The van der Waals surface area contributed by atoms with Crippen LogP contribution in [0.2, 0.25) is 0 Å². The maximum Gasteiger partial charge on any atom is 0.322 e. The van der Waals surface area contributed by atoms with Crippen LogP contribution in [0.15, 0.2) is 54.6 Å². The van der Waals surface area contributed by atoms with Crippen molar-refractivity contribution in [1.29, 1.82) is 0 Å². The molecule has 0 aliphatic carbocycles. The highest BCUT2D eigenvalue weighted by Crippen LogP contribution is 2.19. The Balaban J connectivity index is 1.70. The lowest BCUT2D eigenvalue weighted by atomic mass is 10.0. The maximum atomic E-state index is 12.9. The zero-order valence-corrected chi connectivity index (χ0v) is 15.8. The second-order valence-electron chi connectivity index (χ2n) is 6.83. The van der Waals surface area contributed by atoms with E-state index in [4.69, 9.17) is 10.6 Å². The van der Waals surface area contributed by atoms with Gasteiger partial charge in [0.1, 0.15) is 0 Å². The van der Waals surface area contributed by atoms with Gasteiger partial charge in [-0.3, -0.25) is 15.1 Å². The van der Waals surface area contributed by atoms with Gasteiger partial charge in [0.05, 0.1) is 6.54 Å². The molecule has 148 valence electrons. The summed E-state index contributed by atoms with van der Waals surface area (Å²) < 4.78 is 5.38. The molecule has 2 aromatic carbocycles. The molecule has 28 heavy (non-hydrogen) atoms. The van der Waals surface area contributed by atoms with E-state index in [0.29, 0.717) is 24.6 Å². The van der Waals surface area contributed by atoms with Crippen molar-refractivity contribution in [1.82, 2.24) is 10.7 Å². The number of ether oxygens (including phenoxy) is 1. The Hall–Kier alpha value is -2.90. The number of hydrogen-bond acceptors (Lipinski definition) is 4. The normalized spacial score (nSPS) is 14.3. The Bertz CT molecular complexity index is 774. The van der Waals surface area contributed by atoms with Gasteiger partial charge in [-0.05, 0) is 48.6 Å². The van der Waals surface area contributed by atoms with Crippen molar-refractivity contribution < 1.29 is 14.3 Å². The molecule has 0 spiro atoms. The molecule has 1 aliphatic heterocycles. The third-order valence-corrected chi connectivity index (χ3v) is 4.88. The summed E-state index contributed by atoms with van der Waals surface area (Å²) in [5, 5.41) is 3.06. The molecule has 0 atom stereocenters. The molecule has 7 nitrogen and oxygen atoms in total. The van der Waals surface area contributed by atoms with Crippen molar-refractivity contribution in [2.75, 3.05) is 24.7 Å². The number of nitrogen functional groups attached to an aromatic ring is 1. The van der Waals surface area contributed by atoms with Crippen LogP contribution in [0.25, 0.3) is 0 Å². The van der Waals surface area contributed by atoms with Crippen molar-refractivity contribution in [2.24, 2.45) is 11.8 Å². The SMILES string of the molecule is NNC(=O)c1ccc(CN(C(=O)NCC2CCOCC2)c2ccccc2)cc1. The third kappa shape index (κ3) is 5.31. The standard InChI is InChI=1S/C21H26N4O3/c22-24-20(26)18-8-6-17(7-9-18)15-25(19-4-2-1-3-5-19)21(27)23-14-16-10-12-28-13-11-16/h1-9,16H,10-15,22H2,(H,23,27)(H,24,26). The van der Waals surface area contributed by atoms with Crippen LogP contribution >= 0.6 is 0 Å². The number of anilines is 1. The Morgan fingerprint density at radius 1 is 1.04 bits per heavy atom. The van der Waals surface area contributed by atoms with Crippen molar-refractivity contribution in [3.63, 3.8) is 0 Å². The first-order valence-electron chi connectivity index (χ1n) is 9.45. The Labute approximate surface area is 164 Å². The second kappa shape index (κ2) is 9.87. The molecule has 0 saturated carbocycles. The van der Waals surface area contributed by atoms with Crippen molar-refractivity contribution in [3.8, 4) is 0 Å². The Morgan fingerprint density at radius 2 is 1.71 bits per heavy atom. The molecule has 2 aromatic rings. The summed E-state index contributed by atoms with van der Waals surface area (Å²) in [7, 11) is 0. The third-order valence-electron chi connectivity index (χ3n) is 4.88. The van der Waals surface area contributed by atoms with Crippen LogP contribution in [0, 0.1) is 5.92 Å². The molecule has 1 fully saturated rings. The number of carbonyl (C=O) groups excluding carboxylic acids is 2. The molecule has 1 saturated heterocycles. The molecule has 7 heteroatoms. The lowest BCUT2D eigenvalue weighted by molar-refractivity contribution is 0.0670. The number of rotatable bonds is 6. The molecule has 0 radical (unpaired) electrons. The van der Waals surface area contributed by atoms with Crippen LogP contribution in [0.5, 0.6) is 0 Å². The van der Waals surface area contributed by atoms with Gasteiger partial charge in [-0.2, -0.15) is 0 Å². The molecule has 4 N–H and O–H groups in total. The molecule has 3 amide bonds. The van der Waals surface area contributed by atoms with E-state index in [9.17, 15) is 9.59 Å². The number of amides is 3. The molecule has 1 heterocycles. The minimum absolute atomic E-state index is 0.138. The van der Waals surface area contributed by atoms with E-state index in [0.717, 1.165) is 37.3 Å². The molecule has 1 aliphatic rings. The summed E-state index contributed by atoms with van der Waals surface area (Å²) in [6.45, 7) is 2.55. The van der Waals surface area contributed by atoms with E-state index in [-0.39, 0.29) is 11.9 Å². The summed E-state index contributed by atoms with van der Waals surface area (Å²) >= 11 is 0. The fourth-order valence-corrected chi connectivity index (χ4v) is 3.19. The van der Waals surface area contributed by atoms with Crippen LogP contribution in [0.1, 0.15) is 28.8 Å². The number of nitrogens with one attached hydrogen (secondary N) is 2.